The molecule has 27 heavy (non-hydrogen) atoms. The number of nitrogens with zero attached hydrogens (tertiary/aromatic N) is 3. The maximum atomic E-state index is 13.3. The number of benzene rings is 1. The Morgan fingerprint density at radius 2 is 1.93 bits per heavy atom. The van der Waals surface area contributed by atoms with Gasteiger partial charge in [-0.15, -0.1) is 0 Å². The lowest BCUT2D eigenvalue weighted by atomic mass is 10.0. The molecule has 0 fully saturated rings. The van der Waals surface area contributed by atoms with Gasteiger partial charge in [0.15, 0.2) is 5.16 Å². The SMILES string of the molecule is CSc1nc(-c2cc(NC(C)=O)ccn2)c(-c2ccc(F)cc2)c(=O)n1C. The summed E-state index contributed by atoms with van der Waals surface area (Å²) in [7, 11) is 1.64. The molecule has 0 saturated carbocycles. The number of rotatable bonds is 4. The summed E-state index contributed by atoms with van der Waals surface area (Å²) in [6.07, 6.45) is 3.36. The Morgan fingerprint density at radius 1 is 1.22 bits per heavy atom. The van der Waals surface area contributed by atoms with Gasteiger partial charge < -0.3 is 5.32 Å². The zero-order valence-corrected chi connectivity index (χ0v) is 15.8. The van der Waals surface area contributed by atoms with Crippen molar-refractivity contribution in [3.8, 4) is 22.5 Å². The Labute approximate surface area is 159 Å². The standard InChI is InChI=1S/C19H17FN4O2S/c1-11(25)22-14-8-9-21-15(10-14)17-16(12-4-6-13(20)7-5-12)18(26)24(2)19(23-17)27-3/h4-10H,1-3H3,(H,21,22,25). The van der Waals surface area contributed by atoms with Crippen LogP contribution in [-0.4, -0.2) is 26.7 Å². The quantitative estimate of drug-likeness (QED) is 0.552. The second-order valence-corrected chi connectivity index (χ2v) is 6.58. The fourth-order valence-electron chi connectivity index (χ4n) is 2.67. The zero-order valence-electron chi connectivity index (χ0n) is 15.0. The number of hydrogen-bond donors (Lipinski definition) is 1. The molecule has 2 aromatic heterocycles. The molecule has 0 aliphatic rings. The lowest BCUT2D eigenvalue weighted by molar-refractivity contribution is -0.114. The molecular formula is C19H17FN4O2S. The first-order valence-corrected chi connectivity index (χ1v) is 9.28. The molecule has 3 rings (SSSR count). The van der Waals surface area contributed by atoms with E-state index in [0.717, 1.165) is 0 Å². The van der Waals surface area contributed by atoms with Crippen LogP contribution in [0, 0.1) is 5.82 Å². The molecule has 2 heterocycles. The van der Waals surface area contributed by atoms with Crippen LogP contribution in [0.4, 0.5) is 10.1 Å². The van der Waals surface area contributed by atoms with E-state index >= 15 is 0 Å². The smallest absolute Gasteiger partial charge is 0.262 e. The van der Waals surface area contributed by atoms with E-state index in [4.69, 9.17) is 0 Å². The van der Waals surface area contributed by atoms with Crippen LogP contribution in [0.5, 0.6) is 0 Å². The molecule has 0 unspecified atom stereocenters. The summed E-state index contributed by atoms with van der Waals surface area (Å²) < 4.78 is 14.8. The molecule has 0 atom stereocenters. The first-order valence-electron chi connectivity index (χ1n) is 8.05. The van der Waals surface area contributed by atoms with Gasteiger partial charge in [-0.2, -0.15) is 0 Å². The summed E-state index contributed by atoms with van der Waals surface area (Å²) >= 11 is 1.33. The number of carbonyl (C=O) groups excluding carboxylic acids is 1. The molecule has 1 N–H and O–H groups in total. The van der Waals surface area contributed by atoms with E-state index in [-0.39, 0.29) is 11.5 Å². The van der Waals surface area contributed by atoms with Crippen LogP contribution in [0.3, 0.4) is 0 Å². The highest BCUT2D eigenvalue weighted by atomic mass is 32.2. The van der Waals surface area contributed by atoms with Crippen LogP contribution in [-0.2, 0) is 11.8 Å². The fraction of sp³-hybridized carbons (Fsp3) is 0.158. The zero-order chi connectivity index (χ0) is 19.6. The van der Waals surface area contributed by atoms with Crippen molar-refractivity contribution in [3.63, 3.8) is 0 Å². The molecule has 3 aromatic rings. The Morgan fingerprint density at radius 3 is 2.56 bits per heavy atom. The molecule has 1 amide bonds. The van der Waals surface area contributed by atoms with Crippen LogP contribution in [0.15, 0.2) is 52.5 Å². The molecule has 1 aromatic carbocycles. The lowest BCUT2D eigenvalue weighted by Gasteiger charge is -2.14. The molecule has 6 nitrogen and oxygen atoms in total. The second-order valence-electron chi connectivity index (χ2n) is 5.80. The van der Waals surface area contributed by atoms with Crippen LogP contribution in [0.25, 0.3) is 22.5 Å². The van der Waals surface area contributed by atoms with Crippen LogP contribution in [0.2, 0.25) is 0 Å². The van der Waals surface area contributed by atoms with Gasteiger partial charge >= 0.3 is 0 Å². The molecule has 138 valence electrons. The summed E-state index contributed by atoms with van der Waals surface area (Å²) in [6.45, 7) is 1.41. The van der Waals surface area contributed by atoms with Crippen molar-refractivity contribution in [2.75, 3.05) is 11.6 Å². The largest absolute Gasteiger partial charge is 0.326 e. The predicted molar refractivity (Wildman–Crippen MR) is 104 cm³/mol. The van der Waals surface area contributed by atoms with Crippen molar-refractivity contribution < 1.29 is 9.18 Å². The number of pyridine rings is 1. The monoisotopic (exact) mass is 384 g/mol. The summed E-state index contributed by atoms with van der Waals surface area (Å²) in [5.74, 6) is -0.607. The first-order chi connectivity index (χ1) is 12.9. The van der Waals surface area contributed by atoms with Crippen LogP contribution in [0.1, 0.15) is 6.92 Å². The van der Waals surface area contributed by atoms with Gasteiger partial charge in [-0.25, -0.2) is 9.37 Å². The van der Waals surface area contributed by atoms with Gasteiger partial charge in [0.1, 0.15) is 11.5 Å². The number of halogens is 1. The van der Waals surface area contributed by atoms with Crippen molar-refractivity contribution in [2.24, 2.45) is 7.05 Å². The molecule has 0 saturated heterocycles. The van der Waals surface area contributed by atoms with E-state index in [1.165, 1.54) is 53.7 Å². The van der Waals surface area contributed by atoms with Gasteiger partial charge in [-0.3, -0.25) is 19.1 Å². The molecule has 0 bridgehead atoms. The average molecular weight is 384 g/mol. The van der Waals surface area contributed by atoms with Gasteiger partial charge in [0.05, 0.1) is 11.3 Å². The van der Waals surface area contributed by atoms with Crippen molar-refractivity contribution in [1.29, 1.82) is 0 Å². The Kier molecular flexibility index (Phi) is 5.36. The molecular weight excluding hydrogens is 367 g/mol. The van der Waals surface area contributed by atoms with Crippen molar-refractivity contribution in [1.82, 2.24) is 14.5 Å². The minimum atomic E-state index is -0.392. The highest BCUT2D eigenvalue weighted by Crippen LogP contribution is 2.29. The van der Waals surface area contributed by atoms with Crippen molar-refractivity contribution >= 4 is 23.4 Å². The molecule has 8 heteroatoms. The topological polar surface area (TPSA) is 76.9 Å². The first kappa shape index (κ1) is 18.8. The number of carbonyl (C=O) groups is 1. The molecule has 0 aliphatic heterocycles. The summed E-state index contributed by atoms with van der Waals surface area (Å²) in [5.41, 5.74) is 1.96. The van der Waals surface area contributed by atoms with E-state index in [1.54, 1.807) is 19.2 Å². The van der Waals surface area contributed by atoms with Gasteiger partial charge in [-0.05, 0) is 36.1 Å². The molecule has 0 radical (unpaired) electrons. The molecule has 0 spiro atoms. The van der Waals surface area contributed by atoms with Crippen LogP contribution < -0.4 is 10.9 Å². The van der Waals surface area contributed by atoms with E-state index in [9.17, 15) is 14.0 Å². The van der Waals surface area contributed by atoms with Gasteiger partial charge in [-0.1, -0.05) is 23.9 Å². The van der Waals surface area contributed by atoms with Gasteiger partial charge in [0, 0.05) is 25.9 Å². The second kappa shape index (κ2) is 7.71. The number of anilines is 1. The van der Waals surface area contributed by atoms with E-state index in [0.29, 0.717) is 33.4 Å². The van der Waals surface area contributed by atoms with Gasteiger partial charge in [0.2, 0.25) is 5.91 Å². The highest BCUT2D eigenvalue weighted by molar-refractivity contribution is 7.98. The van der Waals surface area contributed by atoms with E-state index < -0.39 is 5.82 Å². The predicted octanol–water partition coefficient (Wildman–Crippen LogP) is 3.33. The number of hydrogen-bond acceptors (Lipinski definition) is 5. The highest BCUT2D eigenvalue weighted by Gasteiger charge is 2.19. The minimum absolute atomic E-state index is 0.215. The molecule has 0 aliphatic carbocycles. The maximum absolute atomic E-state index is 13.3. The number of aromatic nitrogens is 3. The Hall–Kier alpha value is -3.00. The minimum Gasteiger partial charge on any atom is -0.326 e. The fourth-order valence-corrected chi connectivity index (χ4v) is 3.21. The normalized spacial score (nSPS) is 10.7. The van der Waals surface area contributed by atoms with Crippen molar-refractivity contribution in [2.45, 2.75) is 12.1 Å². The lowest BCUT2D eigenvalue weighted by Crippen LogP contribution is -2.23. The van der Waals surface area contributed by atoms with Crippen LogP contribution >= 0.6 is 11.8 Å². The van der Waals surface area contributed by atoms with Crippen molar-refractivity contribution in [3.05, 3.63) is 58.8 Å². The number of thioether (sulfide) groups is 1. The Bertz CT molecular complexity index is 1060. The maximum Gasteiger partial charge on any atom is 0.262 e. The third-order valence-electron chi connectivity index (χ3n) is 3.89. The number of nitrogens with one attached hydrogen (secondary N) is 1. The third kappa shape index (κ3) is 3.90. The van der Waals surface area contributed by atoms with Gasteiger partial charge in [0.25, 0.3) is 5.56 Å². The third-order valence-corrected chi connectivity index (χ3v) is 4.62. The summed E-state index contributed by atoms with van der Waals surface area (Å²) in [4.78, 5) is 33.3. The van der Waals surface area contributed by atoms with E-state index in [2.05, 4.69) is 15.3 Å². The summed E-state index contributed by atoms with van der Waals surface area (Å²) in [5, 5.41) is 3.21. The van der Waals surface area contributed by atoms with E-state index in [1.807, 2.05) is 6.26 Å². The average Bonchev–Trinajstić information content (AvgIpc) is 2.64. The Balaban J connectivity index is 2.28. The summed E-state index contributed by atoms with van der Waals surface area (Å²) in [6, 6.07) is 8.96. The number of amides is 1.